The first-order valence-corrected chi connectivity index (χ1v) is 10.3. The summed E-state index contributed by atoms with van der Waals surface area (Å²) < 4.78 is 15.8. The van der Waals surface area contributed by atoms with Gasteiger partial charge in [-0.1, -0.05) is 19.7 Å². The van der Waals surface area contributed by atoms with Crippen LogP contribution in [-0.2, 0) is 35.0 Å². The fourth-order valence-corrected chi connectivity index (χ4v) is 2.79. The average Bonchev–Trinajstić information content (AvgIpc) is 2.78. The molecule has 0 bridgehead atoms. The van der Waals surface area contributed by atoms with Gasteiger partial charge in [-0.05, 0) is 51.0 Å². The second-order valence-electron chi connectivity index (χ2n) is 8.23. The summed E-state index contributed by atoms with van der Waals surface area (Å²) in [6, 6.07) is 3.38. The Morgan fingerprint density at radius 1 is 0.743 bits per heavy atom. The molecule has 0 unspecified atom stereocenters. The maximum atomic E-state index is 12.1. The molecule has 0 saturated heterocycles. The Morgan fingerprint density at radius 2 is 1.14 bits per heavy atom. The maximum Gasteiger partial charge on any atom is 0.335 e. The second kappa shape index (κ2) is 12.3. The number of carboxylic acid groups (broad SMARTS) is 2. The molecule has 10 nitrogen and oxygen atoms in total. The molecule has 10 heteroatoms. The van der Waals surface area contributed by atoms with E-state index in [1.165, 1.54) is 20.8 Å². The molecule has 1 aromatic carbocycles. The number of ether oxygens (including phenoxy) is 3. The van der Waals surface area contributed by atoms with Crippen molar-refractivity contribution in [1.82, 2.24) is 0 Å². The predicted octanol–water partition coefficient (Wildman–Crippen LogP) is 2.97. The van der Waals surface area contributed by atoms with E-state index in [4.69, 9.17) is 14.2 Å². The summed E-state index contributed by atoms with van der Waals surface area (Å²) in [6.07, 6.45) is -0.299. The van der Waals surface area contributed by atoms with Gasteiger partial charge in [-0.2, -0.15) is 0 Å². The van der Waals surface area contributed by atoms with E-state index in [1.54, 1.807) is 0 Å². The Balaban J connectivity index is 3.60. The smallest absolute Gasteiger partial charge is 0.335 e. The monoisotopic (exact) mass is 488 g/mol. The number of carbonyl (C=O) groups excluding carboxylic acids is 3. The lowest BCUT2D eigenvalue weighted by molar-refractivity contribution is -0.157. The summed E-state index contributed by atoms with van der Waals surface area (Å²) in [5, 5.41) is 19.0. The number of rotatable bonds is 13. The van der Waals surface area contributed by atoms with E-state index in [0.29, 0.717) is 0 Å². The summed E-state index contributed by atoms with van der Waals surface area (Å²) in [5.74, 6) is -5.01. The lowest BCUT2D eigenvalue weighted by Crippen LogP contribution is -2.42. The molecule has 0 saturated carbocycles. The number of hydrogen-bond donors (Lipinski definition) is 2. The molecule has 1 rings (SSSR count). The Hall–Kier alpha value is -4.21. The minimum Gasteiger partial charge on any atom is -0.478 e. The first-order valence-electron chi connectivity index (χ1n) is 10.3. The van der Waals surface area contributed by atoms with Crippen LogP contribution < -0.4 is 0 Å². The molecule has 0 spiro atoms. The molecule has 2 N–H and O–H groups in total. The highest BCUT2D eigenvalue weighted by Gasteiger charge is 2.38. The van der Waals surface area contributed by atoms with Crippen LogP contribution in [0.5, 0.6) is 0 Å². The summed E-state index contributed by atoms with van der Waals surface area (Å²) in [6.45, 7) is 13.2. The lowest BCUT2D eigenvalue weighted by atomic mass is 9.81. The Kier molecular flexibility index (Phi) is 10.1. The van der Waals surface area contributed by atoms with Crippen molar-refractivity contribution >= 4 is 29.8 Å². The van der Waals surface area contributed by atoms with Crippen LogP contribution in [0.15, 0.2) is 54.7 Å². The molecule has 1 aromatic rings. The van der Waals surface area contributed by atoms with E-state index >= 15 is 0 Å². The van der Waals surface area contributed by atoms with Gasteiger partial charge in [0.25, 0.3) is 0 Å². The summed E-state index contributed by atoms with van der Waals surface area (Å²) in [4.78, 5) is 59.6. The van der Waals surface area contributed by atoms with Crippen molar-refractivity contribution in [1.29, 1.82) is 0 Å². The van der Waals surface area contributed by atoms with Crippen molar-refractivity contribution < 1.29 is 48.4 Å². The minimum atomic E-state index is -1.50. The van der Waals surface area contributed by atoms with Gasteiger partial charge in [0.15, 0.2) is 0 Å². The van der Waals surface area contributed by atoms with Crippen molar-refractivity contribution in [3.63, 3.8) is 0 Å². The van der Waals surface area contributed by atoms with Crippen LogP contribution in [0.1, 0.15) is 47.1 Å². The number of benzene rings is 1. The van der Waals surface area contributed by atoms with Crippen LogP contribution in [0.4, 0.5) is 0 Å². The fourth-order valence-electron chi connectivity index (χ4n) is 2.79. The molecule has 0 aliphatic heterocycles. The Labute approximate surface area is 202 Å². The quantitative estimate of drug-likeness (QED) is 0.241. The van der Waals surface area contributed by atoms with E-state index < -0.39 is 55.1 Å². The number of hydrogen-bond acceptors (Lipinski definition) is 8. The van der Waals surface area contributed by atoms with E-state index in [0.717, 1.165) is 18.2 Å². The number of carboxylic acids is 2. The van der Waals surface area contributed by atoms with Crippen LogP contribution in [0, 0.1) is 5.41 Å². The highest BCUT2D eigenvalue weighted by molar-refractivity contribution is 5.93. The molecule has 0 heterocycles. The van der Waals surface area contributed by atoms with Gasteiger partial charge in [0.05, 0.1) is 16.5 Å². The third-order valence-corrected chi connectivity index (χ3v) is 4.72. The van der Waals surface area contributed by atoms with Crippen LogP contribution >= 0.6 is 0 Å². The van der Waals surface area contributed by atoms with Gasteiger partial charge in [-0.15, -0.1) is 0 Å². The van der Waals surface area contributed by atoms with Gasteiger partial charge < -0.3 is 24.4 Å². The van der Waals surface area contributed by atoms with Crippen LogP contribution in [0.3, 0.4) is 0 Å². The molecule has 188 valence electrons. The topological polar surface area (TPSA) is 154 Å². The summed E-state index contributed by atoms with van der Waals surface area (Å²) in [7, 11) is 0. The maximum absolute atomic E-state index is 12.1. The molecule has 0 aliphatic rings. The van der Waals surface area contributed by atoms with E-state index in [9.17, 15) is 34.2 Å². The van der Waals surface area contributed by atoms with Gasteiger partial charge in [0.2, 0.25) is 0 Å². The normalized spacial score (nSPS) is 10.6. The summed E-state index contributed by atoms with van der Waals surface area (Å²) >= 11 is 0. The first-order chi connectivity index (χ1) is 16.2. The molecule has 0 amide bonds. The lowest BCUT2D eigenvalue weighted by Gasteiger charge is -2.33. The molecular formula is C25H28O10. The first kappa shape index (κ1) is 28.8. The predicted molar refractivity (Wildman–Crippen MR) is 124 cm³/mol. The molecule has 0 aromatic heterocycles. The number of aromatic carboxylic acids is 2. The molecule has 0 atom stereocenters. The van der Waals surface area contributed by atoms with Crippen molar-refractivity contribution in [2.75, 3.05) is 19.8 Å². The molecule has 0 fully saturated rings. The van der Waals surface area contributed by atoms with Crippen molar-refractivity contribution in [3.8, 4) is 0 Å². The zero-order valence-corrected chi connectivity index (χ0v) is 19.8. The SMILES string of the molecule is C=C(C)C(=O)OCC(COC(=O)C(=C)C)(COC(=O)C(=C)C)Cc1cc(C(=O)O)ccc1C(=O)O. The highest BCUT2D eigenvalue weighted by Crippen LogP contribution is 2.29. The largest absolute Gasteiger partial charge is 0.478 e. The Morgan fingerprint density at radius 3 is 1.46 bits per heavy atom. The van der Waals surface area contributed by atoms with E-state index in [-0.39, 0.29) is 39.8 Å². The van der Waals surface area contributed by atoms with E-state index in [1.807, 2.05) is 0 Å². The standard InChI is InChI=1S/C25H28O10/c1-14(2)22(30)33-11-25(12-34-23(31)15(3)4,13-35-24(32)16(5)6)10-18-9-17(20(26)27)7-8-19(18)21(28)29/h7-9H,1,3,5,10-13H2,2,4,6H3,(H,26,27)(H,28,29). The van der Waals surface area contributed by atoms with Crippen LogP contribution in [0.25, 0.3) is 0 Å². The molecule has 0 aliphatic carbocycles. The van der Waals surface area contributed by atoms with Gasteiger partial charge in [0.1, 0.15) is 19.8 Å². The van der Waals surface area contributed by atoms with Gasteiger partial charge in [-0.3, -0.25) is 0 Å². The number of carbonyl (C=O) groups is 5. The van der Waals surface area contributed by atoms with Gasteiger partial charge >= 0.3 is 29.8 Å². The van der Waals surface area contributed by atoms with E-state index in [2.05, 4.69) is 19.7 Å². The van der Waals surface area contributed by atoms with Crippen LogP contribution in [-0.4, -0.2) is 59.9 Å². The van der Waals surface area contributed by atoms with Gasteiger partial charge in [0, 0.05) is 16.7 Å². The molecular weight excluding hydrogens is 460 g/mol. The zero-order valence-electron chi connectivity index (χ0n) is 19.8. The Bertz CT molecular complexity index is 1010. The minimum absolute atomic E-state index is 0.0292. The number of esters is 3. The molecule has 0 radical (unpaired) electrons. The summed E-state index contributed by atoms with van der Waals surface area (Å²) in [5.41, 5.74) is -1.70. The second-order valence-corrected chi connectivity index (χ2v) is 8.23. The highest BCUT2D eigenvalue weighted by atomic mass is 16.6. The third kappa shape index (κ3) is 8.58. The fraction of sp³-hybridized carbons (Fsp3) is 0.320. The average molecular weight is 488 g/mol. The van der Waals surface area contributed by atoms with Crippen molar-refractivity contribution in [3.05, 3.63) is 71.3 Å². The zero-order chi connectivity index (χ0) is 26.9. The van der Waals surface area contributed by atoms with Gasteiger partial charge in [-0.25, -0.2) is 24.0 Å². The van der Waals surface area contributed by atoms with Crippen LogP contribution in [0.2, 0.25) is 0 Å². The molecule has 35 heavy (non-hydrogen) atoms. The van der Waals surface area contributed by atoms with Crippen molar-refractivity contribution in [2.24, 2.45) is 5.41 Å². The third-order valence-electron chi connectivity index (χ3n) is 4.72. The van der Waals surface area contributed by atoms with Crippen molar-refractivity contribution in [2.45, 2.75) is 27.2 Å².